The summed E-state index contributed by atoms with van der Waals surface area (Å²) in [5.41, 5.74) is 1.16. The zero-order valence-electron chi connectivity index (χ0n) is 11.8. The van der Waals surface area contributed by atoms with Crippen LogP contribution in [-0.4, -0.2) is 18.5 Å². The van der Waals surface area contributed by atoms with E-state index in [0.29, 0.717) is 5.75 Å². The van der Waals surface area contributed by atoms with Crippen molar-refractivity contribution in [2.45, 2.75) is 6.92 Å². The minimum Gasteiger partial charge on any atom is -0.545 e. The zero-order chi connectivity index (χ0) is 16.1. The summed E-state index contributed by atoms with van der Waals surface area (Å²) >= 11 is 3.35. The van der Waals surface area contributed by atoms with Crippen molar-refractivity contribution >= 4 is 33.5 Å². The number of hydrogen-bond donors (Lipinski definition) is 1. The number of para-hydroxylation sites is 1. The maximum atomic E-state index is 11.9. The van der Waals surface area contributed by atoms with E-state index in [1.54, 1.807) is 18.2 Å². The van der Waals surface area contributed by atoms with Crippen molar-refractivity contribution in [3.63, 3.8) is 0 Å². The number of carboxylic acid groups (broad SMARTS) is 1. The highest BCUT2D eigenvalue weighted by Gasteiger charge is 2.09. The number of nitrogens with one attached hydrogen (secondary N) is 1. The molecule has 0 atom stereocenters. The minimum absolute atomic E-state index is 0.0765. The van der Waals surface area contributed by atoms with Crippen LogP contribution in [0, 0.1) is 6.92 Å². The van der Waals surface area contributed by atoms with E-state index < -0.39 is 11.9 Å². The van der Waals surface area contributed by atoms with Crippen LogP contribution in [-0.2, 0) is 4.79 Å². The average molecular weight is 363 g/mol. The van der Waals surface area contributed by atoms with Crippen LogP contribution in [0.1, 0.15) is 15.9 Å². The quantitative estimate of drug-likeness (QED) is 0.883. The average Bonchev–Trinajstić information content (AvgIpc) is 2.46. The molecule has 1 amide bonds. The molecule has 2 aromatic carbocycles. The molecule has 0 unspecified atom stereocenters. The smallest absolute Gasteiger partial charge is 0.262 e. The SMILES string of the molecule is Cc1ccc(OCC(=O)Nc2ccccc2C(=O)[O-])c(Br)c1. The Labute approximate surface area is 136 Å². The van der Waals surface area contributed by atoms with Crippen LogP contribution in [0.15, 0.2) is 46.9 Å². The number of carboxylic acids is 1. The summed E-state index contributed by atoms with van der Waals surface area (Å²) in [6.45, 7) is 1.71. The summed E-state index contributed by atoms with van der Waals surface area (Å²) in [7, 11) is 0. The Bertz CT molecular complexity index is 715. The highest BCUT2D eigenvalue weighted by molar-refractivity contribution is 9.10. The first-order valence-electron chi connectivity index (χ1n) is 6.46. The fourth-order valence-corrected chi connectivity index (χ4v) is 2.43. The Hall–Kier alpha value is -2.34. The lowest BCUT2D eigenvalue weighted by Gasteiger charge is -2.12. The molecule has 0 radical (unpaired) electrons. The van der Waals surface area contributed by atoms with Gasteiger partial charge in [0.05, 0.1) is 10.4 Å². The van der Waals surface area contributed by atoms with Gasteiger partial charge in [0.2, 0.25) is 0 Å². The van der Waals surface area contributed by atoms with E-state index in [9.17, 15) is 14.7 Å². The van der Waals surface area contributed by atoms with E-state index in [1.165, 1.54) is 12.1 Å². The van der Waals surface area contributed by atoms with E-state index in [2.05, 4.69) is 21.2 Å². The second kappa shape index (κ2) is 7.09. The van der Waals surface area contributed by atoms with Crippen molar-refractivity contribution in [3.8, 4) is 5.75 Å². The summed E-state index contributed by atoms with van der Waals surface area (Å²) in [5, 5.41) is 13.5. The van der Waals surface area contributed by atoms with Gasteiger partial charge in [-0.15, -0.1) is 0 Å². The fourth-order valence-electron chi connectivity index (χ4n) is 1.82. The molecule has 6 heteroatoms. The van der Waals surface area contributed by atoms with Gasteiger partial charge in [-0.05, 0) is 46.6 Å². The molecular formula is C16H13BrNO4-. The summed E-state index contributed by atoms with van der Waals surface area (Å²) < 4.78 is 6.15. The van der Waals surface area contributed by atoms with Gasteiger partial charge in [-0.25, -0.2) is 0 Å². The summed E-state index contributed by atoms with van der Waals surface area (Å²) in [6.07, 6.45) is 0. The molecule has 2 aromatic rings. The van der Waals surface area contributed by atoms with Crippen molar-refractivity contribution in [2.24, 2.45) is 0 Å². The first kappa shape index (κ1) is 16.0. The van der Waals surface area contributed by atoms with Gasteiger partial charge in [-0.1, -0.05) is 24.3 Å². The fraction of sp³-hybridized carbons (Fsp3) is 0.125. The molecule has 0 spiro atoms. The van der Waals surface area contributed by atoms with E-state index in [1.807, 2.05) is 19.1 Å². The van der Waals surface area contributed by atoms with Crippen molar-refractivity contribution in [2.75, 3.05) is 11.9 Å². The van der Waals surface area contributed by atoms with Gasteiger partial charge in [0.1, 0.15) is 5.75 Å². The molecule has 0 bridgehead atoms. The van der Waals surface area contributed by atoms with Gasteiger partial charge in [-0.2, -0.15) is 0 Å². The molecule has 0 aromatic heterocycles. The number of ether oxygens (including phenoxy) is 1. The van der Waals surface area contributed by atoms with Crippen molar-refractivity contribution in [1.29, 1.82) is 0 Å². The van der Waals surface area contributed by atoms with Crippen LogP contribution in [0.25, 0.3) is 0 Å². The van der Waals surface area contributed by atoms with Gasteiger partial charge in [0.15, 0.2) is 6.61 Å². The van der Waals surface area contributed by atoms with Crippen LogP contribution < -0.4 is 15.2 Å². The van der Waals surface area contributed by atoms with Gasteiger partial charge >= 0.3 is 0 Å². The molecule has 0 saturated carbocycles. The number of hydrogen-bond acceptors (Lipinski definition) is 4. The van der Waals surface area contributed by atoms with Crippen LogP contribution >= 0.6 is 15.9 Å². The summed E-state index contributed by atoms with van der Waals surface area (Å²) in [4.78, 5) is 22.8. The van der Waals surface area contributed by atoms with Crippen molar-refractivity contribution in [1.82, 2.24) is 0 Å². The monoisotopic (exact) mass is 362 g/mol. The topological polar surface area (TPSA) is 78.5 Å². The van der Waals surface area contributed by atoms with E-state index in [4.69, 9.17) is 4.74 Å². The Morgan fingerprint density at radius 3 is 2.64 bits per heavy atom. The van der Waals surface area contributed by atoms with Crippen molar-refractivity contribution in [3.05, 3.63) is 58.1 Å². The highest BCUT2D eigenvalue weighted by atomic mass is 79.9. The second-order valence-electron chi connectivity index (χ2n) is 4.60. The van der Waals surface area contributed by atoms with E-state index in [0.717, 1.165) is 10.0 Å². The maximum Gasteiger partial charge on any atom is 0.262 e. The number of aryl methyl sites for hydroxylation is 1. The second-order valence-corrected chi connectivity index (χ2v) is 5.46. The molecule has 0 aliphatic carbocycles. The molecule has 0 aliphatic rings. The number of rotatable bonds is 5. The van der Waals surface area contributed by atoms with Crippen LogP contribution in [0.5, 0.6) is 5.75 Å². The molecule has 0 saturated heterocycles. The van der Waals surface area contributed by atoms with Crippen LogP contribution in [0.4, 0.5) is 5.69 Å². The van der Waals surface area contributed by atoms with Crippen LogP contribution in [0.3, 0.4) is 0 Å². The van der Waals surface area contributed by atoms with Gasteiger partial charge in [0.25, 0.3) is 5.91 Å². The minimum atomic E-state index is -1.35. The maximum absolute atomic E-state index is 11.9. The highest BCUT2D eigenvalue weighted by Crippen LogP contribution is 2.25. The Morgan fingerprint density at radius 1 is 1.23 bits per heavy atom. The number of carbonyl (C=O) groups is 2. The largest absolute Gasteiger partial charge is 0.545 e. The number of benzene rings is 2. The standard InChI is InChI=1S/C16H14BrNO4/c1-10-6-7-14(12(17)8-10)22-9-15(19)18-13-5-3-2-4-11(13)16(20)21/h2-8H,9H2,1H3,(H,18,19)(H,20,21)/p-1. The Balaban J connectivity index is 2.00. The van der Waals surface area contributed by atoms with Gasteiger partial charge in [-0.3, -0.25) is 4.79 Å². The number of aromatic carboxylic acids is 1. The third-order valence-electron chi connectivity index (χ3n) is 2.87. The molecule has 0 heterocycles. The summed E-state index contributed by atoms with van der Waals surface area (Å²) in [6, 6.07) is 11.5. The Kier molecular flexibility index (Phi) is 5.16. The predicted molar refractivity (Wildman–Crippen MR) is 83.8 cm³/mol. The number of amides is 1. The third kappa shape index (κ3) is 4.08. The van der Waals surface area contributed by atoms with E-state index >= 15 is 0 Å². The normalized spacial score (nSPS) is 10.1. The zero-order valence-corrected chi connectivity index (χ0v) is 13.3. The van der Waals surface area contributed by atoms with Gasteiger partial charge in [0, 0.05) is 11.3 Å². The number of carbonyl (C=O) groups excluding carboxylic acids is 2. The Morgan fingerprint density at radius 2 is 1.95 bits per heavy atom. The lowest BCUT2D eigenvalue weighted by atomic mass is 10.2. The van der Waals surface area contributed by atoms with Gasteiger partial charge < -0.3 is 20.0 Å². The first-order valence-corrected chi connectivity index (χ1v) is 7.26. The lowest BCUT2D eigenvalue weighted by molar-refractivity contribution is -0.254. The molecule has 114 valence electrons. The predicted octanol–water partition coefficient (Wildman–Crippen LogP) is 2.14. The number of anilines is 1. The molecule has 0 aliphatic heterocycles. The molecule has 22 heavy (non-hydrogen) atoms. The molecule has 1 N–H and O–H groups in total. The first-order chi connectivity index (χ1) is 10.5. The molecule has 5 nitrogen and oxygen atoms in total. The molecule has 0 fully saturated rings. The van der Waals surface area contributed by atoms with Crippen molar-refractivity contribution < 1.29 is 19.4 Å². The summed E-state index contributed by atoms with van der Waals surface area (Å²) in [5.74, 6) is -1.27. The van der Waals surface area contributed by atoms with E-state index in [-0.39, 0.29) is 17.9 Å². The number of halogens is 1. The molecule has 2 rings (SSSR count). The molecular weight excluding hydrogens is 350 g/mol. The van der Waals surface area contributed by atoms with Crippen LogP contribution in [0.2, 0.25) is 0 Å². The third-order valence-corrected chi connectivity index (χ3v) is 3.49. The lowest BCUT2D eigenvalue weighted by Crippen LogP contribution is -2.26.